The van der Waals surface area contributed by atoms with Crippen molar-refractivity contribution in [2.24, 2.45) is 52.3 Å². The molecule has 0 saturated heterocycles. The first kappa shape index (κ1) is 21.2. The molecule has 0 aromatic rings. The van der Waals surface area contributed by atoms with E-state index in [9.17, 15) is 5.11 Å². The van der Waals surface area contributed by atoms with E-state index in [0.29, 0.717) is 5.41 Å². The Morgan fingerprint density at radius 3 is 2.39 bits per heavy atom. The Morgan fingerprint density at radius 2 is 1.64 bits per heavy atom. The number of aliphatic hydroxyl groups excluding tert-OH is 1. The topological polar surface area (TPSA) is 20.2 Å². The number of hydrogen-bond acceptors (Lipinski definition) is 1. The van der Waals surface area contributed by atoms with E-state index in [1.54, 1.807) is 0 Å². The average Bonchev–Trinajstić information content (AvgIpc) is 3.00. The maximum absolute atomic E-state index is 11.1. The molecule has 162 valence electrons. The van der Waals surface area contributed by atoms with E-state index in [4.69, 9.17) is 0 Å². The Hall–Kier alpha value is -0.0400. The summed E-state index contributed by atoms with van der Waals surface area (Å²) in [6.45, 7) is 12.5. The van der Waals surface area contributed by atoms with Crippen LogP contribution in [0.4, 0.5) is 0 Å². The summed E-state index contributed by atoms with van der Waals surface area (Å²) < 4.78 is 0. The molecule has 0 heterocycles. The molecule has 0 spiro atoms. The fourth-order valence-electron chi connectivity index (χ4n) is 9.34. The maximum atomic E-state index is 11.1. The van der Waals surface area contributed by atoms with Gasteiger partial charge in [0.05, 0.1) is 6.10 Å². The lowest BCUT2D eigenvalue weighted by molar-refractivity contribution is -0.164. The zero-order valence-electron chi connectivity index (χ0n) is 19.6. The SMILES string of the molecule is CC(C)CCC[C@@H](C)[C@H]1CC[C@H]2[C@@H]3CC[C@H]4CCC[C@@H](O)[C@]4(C)[C@H]3CC[C@]12C. The third-order valence-corrected chi connectivity index (χ3v) is 10.9. The highest BCUT2D eigenvalue weighted by atomic mass is 16.3. The zero-order chi connectivity index (χ0) is 20.1. The molecule has 0 radical (unpaired) electrons. The van der Waals surface area contributed by atoms with Crippen LogP contribution in [0.3, 0.4) is 0 Å². The number of rotatable bonds is 5. The van der Waals surface area contributed by atoms with Crippen LogP contribution >= 0.6 is 0 Å². The summed E-state index contributed by atoms with van der Waals surface area (Å²) in [5.74, 6) is 6.15. The van der Waals surface area contributed by atoms with Crippen molar-refractivity contribution in [2.45, 2.75) is 118 Å². The molecule has 0 aromatic heterocycles. The molecule has 4 fully saturated rings. The highest BCUT2D eigenvalue weighted by Gasteiger charge is 2.61. The van der Waals surface area contributed by atoms with Gasteiger partial charge < -0.3 is 5.11 Å². The van der Waals surface area contributed by atoms with Gasteiger partial charge in [-0.05, 0) is 104 Å². The van der Waals surface area contributed by atoms with Crippen molar-refractivity contribution in [3.8, 4) is 0 Å². The molecule has 4 rings (SSSR count). The highest BCUT2D eigenvalue weighted by molar-refractivity contribution is 5.10. The van der Waals surface area contributed by atoms with Gasteiger partial charge in [0.1, 0.15) is 0 Å². The van der Waals surface area contributed by atoms with Crippen LogP contribution in [-0.4, -0.2) is 11.2 Å². The lowest BCUT2D eigenvalue weighted by atomic mass is 9.44. The third-order valence-electron chi connectivity index (χ3n) is 10.9. The van der Waals surface area contributed by atoms with Crippen LogP contribution in [0.1, 0.15) is 112 Å². The lowest BCUT2D eigenvalue weighted by Crippen LogP contribution is -2.57. The Balaban J connectivity index is 1.49. The molecule has 4 aliphatic rings. The first-order valence-electron chi connectivity index (χ1n) is 13.0. The van der Waals surface area contributed by atoms with Gasteiger partial charge in [-0.1, -0.05) is 60.3 Å². The summed E-state index contributed by atoms with van der Waals surface area (Å²) in [5, 5.41) is 11.1. The molecular formula is C27H48O. The molecule has 4 saturated carbocycles. The Labute approximate surface area is 175 Å². The fourth-order valence-corrected chi connectivity index (χ4v) is 9.34. The summed E-state index contributed by atoms with van der Waals surface area (Å²) in [6.07, 6.45) is 16.6. The van der Waals surface area contributed by atoms with Gasteiger partial charge in [0, 0.05) is 0 Å². The maximum Gasteiger partial charge on any atom is 0.0599 e. The third kappa shape index (κ3) is 3.30. The molecule has 28 heavy (non-hydrogen) atoms. The predicted molar refractivity (Wildman–Crippen MR) is 119 cm³/mol. The van der Waals surface area contributed by atoms with Crippen molar-refractivity contribution < 1.29 is 5.11 Å². The quantitative estimate of drug-likeness (QED) is 0.518. The van der Waals surface area contributed by atoms with Gasteiger partial charge >= 0.3 is 0 Å². The summed E-state index contributed by atoms with van der Waals surface area (Å²) in [4.78, 5) is 0. The van der Waals surface area contributed by atoms with E-state index in [1.807, 2.05) is 0 Å². The van der Waals surface area contributed by atoms with Crippen molar-refractivity contribution in [1.29, 1.82) is 0 Å². The Kier molecular flexibility index (Phi) is 5.98. The van der Waals surface area contributed by atoms with Crippen LogP contribution in [0.2, 0.25) is 0 Å². The molecule has 1 N–H and O–H groups in total. The number of fused-ring (bicyclic) bond motifs is 5. The Morgan fingerprint density at radius 1 is 0.857 bits per heavy atom. The van der Waals surface area contributed by atoms with Gasteiger partial charge in [0.2, 0.25) is 0 Å². The van der Waals surface area contributed by atoms with Crippen LogP contribution in [0.25, 0.3) is 0 Å². The molecule has 0 bridgehead atoms. The molecule has 9 atom stereocenters. The monoisotopic (exact) mass is 388 g/mol. The van der Waals surface area contributed by atoms with Crippen molar-refractivity contribution in [3.63, 3.8) is 0 Å². The lowest BCUT2D eigenvalue weighted by Gasteiger charge is -2.62. The van der Waals surface area contributed by atoms with Gasteiger partial charge in [-0.3, -0.25) is 0 Å². The highest BCUT2D eigenvalue weighted by Crippen LogP contribution is 2.68. The largest absolute Gasteiger partial charge is 0.393 e. The van der Waals surface area contributed by atoms with Crippen molar-refractivity contribution >= 4 is 0 Å². The second-order valence-electron chi connectivity index (χ2n) is 12.5. The van der Waals surface area contributed by atoms with E-state index in [0.717, 1.165) is 47.8 Å². The van der Waals surface area contributed by atoms with Crippen molar-refractivity contribution in [2.75, 3.05) is 0 Å². The zero-order valence-corrected chi connectivity index (χ0v) is 19.6. The molecule has 1 heteroatoms. The number of aliphatic hydroxyl groups is 1. The van der Waals surface area contributed by atoms with Gasteiger partial charge in [-0.2, -0.15) is 0 Å². The molecule has 0 aliphatic heterocycles. The fraction of sp³-hybridized carbons (Fsp3) is 1.00. The molecule has 4 aliphatic carbocycles. The summed E-state index contributed by atoms with van der Waals surface area (Å²) in [7, 11) is 0. The first-order chi connectivity index (χ1) is 13.3. The van der Waals surface area contributed by atoms with Crippen LogP contribution in [0, 0.1) is 52.3 Å². The molecule has 0 amide bonds. The van der Waals surface area contributed by atoms with Crippen LogP contribution in [0.15, 0.2) is 0 Å². The van der Waals surface area contributed by atoms with Crippen molar-refractivity contribution in [1.82, 2.24) is 0 Å². The molecular weight excluding hydrogens is 340 g/mol. The van der Waals surface area contributed by atoms with E-state index in [2.05, 4.69) is 34.6 Å². The second kappa shape index (κ2) is 7.90. The molecule has 0 unspecified atom stereocenters. The average molecular weight is 389 g/mol. The van der Waals surface area contributed by atoms with E-state index in [1.165, 1.54) is 70.6 Å². The molecule has 1 nitrogen and oxygen atoms in total. The molecule has 0 aromatic carbocycles. The van der Waals surface area contributed by atoms with Crippen LogP contribution in [0.5, 0.6) is 0 Å². The standard InChI is InChI=1S/C27H48O/c1-18(2)8-6-9-19(3)22-14-15-23-21-13-12-20-10-7-11-25(28)27(20,5)24(21)16-17-26(22,23)4/h18-25,28H,6-17H2,1-5H3/t19-,20-,21+,22-,23+,24+,25-,26-,27+/m1/s1. The van der Waals surface area contributed by atoms with E-state index >= 15 is 0 Å². The Bertz CT molecular complexity index is 540. The summed E-state index contributed by atoms with van der Waals surface area (Å²) >= 11 is 0. The first-order valence-corrected chi connectivity index (χ1v) is 13.0. The minimum atomic E-state index is -0.0319. The van der Waals surface area contributed by atoms with Gasteiger partial charge in [0.25, 0.3) is 0 Å². The summed E-state index contributed by atoms with van der Waals surface area (Å²) in [5.41, 5.74) is 0.810. The minimum Gasteiger partial charge on any atom is -0.393 e. The van der Waals surface area contributed by atoms with Crippen molar-refractivity contribution in [3.05, 3.63) is 0 Å². The summed E-state index contributed by atoms with van der Waals surface area (Å²) in [6, 6.07) is 0. The number of hydrogen-bond donors (Lipinski definition) is 1. The minimum absolute atomic E-state index is 0.0319. The van der Waals surface area contributed by atoms with Crippen LogP contribution in [-0.2, 0) is 0 Å². The van der Waals surface area contributed by atoms with Gasteiger partial charge in [-0.25, -0.2) is 0 Å². The second-order valence-corrected chi connectivity index (χ2v) is 12.5. The predicted octanol–water partition coefficient (Wildman–Crippen LogP) is 7.47. The van der Waals surface area contributed by atoms with Gasteiger partial charge in [-0.15, -0.1) is 0 Å². The van der Waals surface area contributed by atoms with Crippen LogP contribution < -0.4 is 0 Å². The van der Waals surface area contributed by atoms with E-state index in [-0.39, 0.29) is 11.5 Å². The smallest absolute Gasteiger partial charge is 0.0599 e. The van der Waals surface area contributed by atoms with E-state index < -0.39 is 0 Å². The van der Waals surface area contributed by atoms with Gasteiger partial charge in [0.15, 0.2) is 0 Å². The normalized spacial score (nSPS) is 49.4.